The first-order valence-electron chi connectivity index (χ1n) is 22.1. The minimum absolute atomic E-state index is 0.639. The van der Waals surface area contributed by atoms with Crippen LogP contribution in [0.15, 0.2) is 241 Å². The van der Waals surface area contributed by atoms with E-state index in [9.17, 15) is 0 Å². The van der Waals surface area contributed by atoms with E-state index < -0.39 is 0 Å². The van der Waals surface area contributed by atoms with Gasteiger partial charge in [0, 0.05) is 44.5 Å². The third-order valence-electron chi connectivity index (χ3n) is 13.0. The molecule has 13 rings (SSSR count). The summed E-state index contributed by atoms with van der Waals surface area (Å²) < 4.78 is 8.76. The fourth-order valence-electron chi connectivity index (χ4n) is 9.89. The number of hydrogen-bond donors (Lipinski definition) is 0. The average molecular weight is 830 g/mol. The van der Waals surface area contributed by atoms with Crippen LogP contribution in [0.25, 0.3) is 105 Å². The molecule has 2 heterocycles. The van der Waals surface area contributed by atoms with E-state index >= 15 is 0 Å². The summed E-state index contributed by atoms with van der Waals surface area (Å²) in [5.74, 6) is 0.639. The molecule has 65 heavy (non-hydrogen) atoms. The molecule has 4 heteroatoms. The first-order valence-corrected chi connectivity index (χ1v) is 22.1. The smallest absolute Gasteiger partial charge is 0.227 e. The summed E-state index contributed by atoms with van der Waals surface area (Å²) in [5, 5.41) is 9.50. The molecule has 0 fully saturated rings. The van der Waals surface area contributed by atoms with Crippen molar-refractivity contribution >= 4 is 82.3 Å². The van der Waals surface area contributed by atoms with Crippen molar-refractivity contribution < 1.29 is 4.42 Å². The van der Waals surface area contributed by atoms with Gasteiger partial charge in [-0.25, -0.2) is 4.98 Å². The predicted octanol–water partition coefficient (Wildman–Crippen LogP) is 16.9. The Morgan fingerprint density at radius 3 is 1.80 bits per heavy atom. The maximum absolute atomic E-state index is 6.39. The van der Waals surface area contributed by atoms with E-state index in [2.05, 4.69) is 216 Å². The standard InChI is InChI=1S/C61H39N3O/c1-3-13-43(14-4-1)61-62-57-36-35-53-52-33-26-44(38-45(52)27-34-55(53)60(57)65-61)40-22-28-47(29-23-40)63(48-30-24-42(25-31-48)51-20-11-15-41-12-7-8-18-50(41)51)49-32-37-59-56(39-49)54-19-9-10-21-58(54)64(59)46-16-5-2-6-17-46/h1-39H. The molecule has 0 aliphatic rings. The Bertz CT molecular complexity index is 3920. The number of nitrogens with zero attached hydrogens (tertiary/aromatic N) is 3. The minimum Gasteiger partial charge on any atom is -0.435 e. The Hall–Kier alpha value is -8.73. The highest BCUT2D eigenvalue weighted by Gasteiger charge is 2.19. The minimum atomic E-state index is 0.639. The molecule has 0 saturated heterocycles. The van der Waals surface area contributed by atoms with Crippen LogP contribution in [0.1, 0.15) is 0 Å². The van der Waals surface area contributed by atoms with Crippen LogP contribution in [-0.2, 0) is 0 Å². The van der Waals surface area contributed by atoms with Gasteiger partial charge in [-0.05, 0) is 140 Å². The van der Waals surface area contributed by atoms with Gasteiger partial charge < -0.3 is 13.9 Å². The fourth-order valence-corrected chi connectivity index (χ4v) is 9.89. The van der Waals surface area contributed by atoms with Crippen molar-refractivity contribution in [3.63, 3.8) is 0 Å². The molecule has 11 aromatic carbocycles. The predicted molar refractivity (Wildman–Crippen MR) is 272 cm³/mol. The Morgan fingerprint density at radius 2 is 0.985 bits per heavy atom. The number of rotatable bonds is 7. The highest BCUT2D eigenvalue weighted by atomic mass is 16.3. The molecule has 0 saturated carbocycles. The maximum Gasteiger partial charge on any atom is 0.227 e. The molecule has 0 bridgehead atoms. The van der Waals surface area contributed by atoms with Gasteiger partial charge >= 0.3 is 0 Å². The summed E-state index contributed by atoms with van der Waals surface area (Å²) in [5.41, 5.74) is 14.2. The normalized spacial score (nSPS) is 11.7. The highest BCUT2D eigenvalue weighted by molar-refractivity contribution is 6.16. The fraction of sp³-hybridized carbons (Fsp3) is 0. The number of fused-ring (bicyclic) bond motifs is 9. The summed E-state index contributed by atoms with van der Waals surface area (Å²) in [6.07, 6.45) is 0. The van der Waals surface area contributed by atoms with E-state index in [-0.39, 0.29) is 0 Å². The zero-order valence-corrected chi connectivity index (χ0v) is 35.3. The lowest BCUT2D eigenvalue weighted by molar-refractivity contribution is 0.623. The summed E-state index contributed by atoms with van der Waals surface area (Å²) in [6.45, 7) is 0. The number of aromatic nitrogens is 2. The maximum atomic E-state index is 6.39. The largest absolute Gasteiger partial charge is 0.435 e. The Balaban J connectivity index is 0.902. The summed E-state index contributed by atoms with van der Waals surface area (Å²) in [7, 11) is 0. The number of hydrogen-bond acceptors (Lipinski definition) is 3. The summed E-state index contributed by atoms with van der Waals surface area (Å²) in [4.78, 5) is 7.20. The van der Waals surface area contributed by atoms with Crippen LogP contribution in [0.3, 0.4) is 0 Å². The molecule has 0 atom stereocenters. The zero-order chi connectivity index (χ0) is 42.8. The van der Waals surface area contributed by atoms with E-state index in [1.165, 1.54) is 54.5 Å². The van der Waals surface area contributed by atoms with E-state index in [0.717, 1.165) is 61.3 Å². The lowest BCUT2D eigenvalue weighted by Gasteiger charge is -2.26. The first-order chi connectivity index (χ1) is 32.2. The molecule has 0 N–H and O–H groups in total. The van der Waals surface area contributed by atoms with Crippen molar-refractivity contribution in [2.45, 2.75) is 0 Å². The second kappa shape index (κ2) is 15.0. The van der Waals surface area contributed by atoms with Gasteiger partial charge in [0.25, 0.3) is 0 Å². The Labute approximate surface area is 375 Å². The van der Waals surface area contributed by atoms with Crippen molar-refractivity contribution in [3.05, 3.63) is 237 Å². The van der Waals surface area contributed by atoms with Crippen molar-refractivity contribution in [2.75, 3.05) is 4.90 Å². The SMILES string of the molecule is c1ccc(-c2nc3ccc4c5ccc(-c6ccc(N(c7ccc(-c8cccc9ccccc89)cc7)c7ccc8c(c7)c7ccccc7n8-c7ccccc7)cc6)cc5ccc4c3o2)cc1. The van der Waals surface area contributed by atoms with Crippen molar-refractivity contribution in [1.29, 1.82) is 0 Å². The van der Waals surface area contributed by atoms with Gasteiger partial charge in [0.05, 0.1) is 11.0 Å². The van der Waals surface area contributed by atoms with Crippen molar-refractivity contribution in [1.82, 2.24) is 9.55 Å². The molecule has 13 aromatic rings. The quantitative estimate of drug-likeness (QED) is 0.150. The van der Waals surface area contributed by atoms with Gasteiger partial charge in [0.1, 0.15) is 5.52 Å². The summed E-state index contributed by atoms with van der Waals surface area (Å²) in [6, 6.07) is 84.9. The zero-order valence-electron chi connectivity index (χ0n) is 35.3. The van der Waals surface area contributed by atoms with Gasteiger partial charge in [-0.15, -0.1) is 0 Å². The molecule has 0 aliphatic carbocycles. The van der Waals surface area contributed by atoms with E-state index in [0.29, 0.717) is 5.89 Å². The van der Waals surface area contributed by atoms with Gasteiger partial charge in [-0.1, -0.05) is 146 Å². The van der Waals surface area contributed by atoms with E-state index in [1.54, 1.807) is 0 Å². The van der Waals surface area contributed by atoms with Crippen LogP contribution in [0.5, 0.6) is 0 Å². The number of benzene rings is 11. The van der Waals surface area contributed by atoms with Crippen LogP contribution >= 0.6 is 0 Å². The molecule has 0 unspecified atom stereocenters. The lowest BCUT2D eigenvalue weighted by atomic mass is 9.97. The number of para-hydroxylation sites is 2. The number of anilines is 3. The number of oxazole rings is 1. The van der Waals surface area contributed by atoms with Crippen LogP contribution in [0.2, 0.25) is 0 Å². The monoisotopic (exact) mass is 829 g/mol. The van der Waals surface area contributed by atoms with E-state index in [4.69, 9.17) is 9.40 Å². The molecular formula is C61H39N3O. The van der Waals surface area contributed by atoms with Crippen LogP contribution < -0.4 is 4.90 Å². The molecule has 0 radical (unpaired) electrons. The lowest BCUT2D eigenvalue weighted by Crippen LogP contribution is -2.10. The average Bonchev–Trinajstić information content (AvgIpc) is 3.97. The van der Waals surface area contributed by atoms with Gasteiger partial charge in [-0.2, -0.15) is 0 Å². The Kier molecular flexibility index (Phi) is 8.50. The van der Waals surface area contributed by atoms with Crippen LogP contribution in [0.4, 0.5) is 17.1 Å². The molecule has 0 spiro atoms. The third-order valence-corrected chi connectivity index (χ3v) is 13.0. The molecule has 4 nitrogen and oxygen atoms in total. The highest BCUT2D eigenvalue weighted by Crippen LogP contribution is 2.42. The van der Waals surface area contributed by atoms with Crippen molar-refractivity contribution in [2.24, 2.45) is 0 Å². The van der Waals surface area contributed by atoms with E-state index in [1.807, 2.05) is 30.3 Å². The first kappa shape index (κ1) is 36.9. The van der Waals surface area contributed by atoms with Crippen LogP contribution in [-0.4, -0.2) is 9.55 Å². The van der Waals surface area contributed by atoms with Crippen molar-refractivity contribution in [3.8, 4) is 39.4 Å². The van der Waals surface area contributed by atoms with Gasteiger partial charge in [0.2, 0.25) is 5.89 Å². The molecule has 2 aromatic heterocycles. The second-order valence-electron chi connectivity index (χ2n) is 16.7. The van der Waals surface area contributed by atoms with Gasteiger partial charge in [-0.3, -0.25) is 0 Å². The Morgan fingerprint density at radius 1 is 0.354 bits per heavy atom. The molecule has 304 valence electrons. The second-order valence-corrected chi connectivity index (χ2v) is 16.7. The molecule has 0 aliphatic heterocycles. The van der Waals surface area contributed by atoms with Crippen LogP contribution in [0, 0.1) is 0 Å². The molecular weight excluding hydrogens is 791 g/mol. The third kappa shape index (κ3) is 6.18. The van der Waals surface area contributed by atoms with Gasteiger partial charge in [0.15, 0.2) is 5.58 Å². The summed E-state index contributed by atoms with van der Waals surface area (Å²) >= 11 is 0. The molecule has 0 amide bonds. The topological polar surface area (TPSA) is 34.2 Å².